The number of halogens is 4. The molecular formula is C24H16Cl4N2. The fraction of sp³-hybridized carbons (Fsp3) is 0.0833. The van der Waals surface area contributed by atoms with Crippen LogP contribution in [0.4, 0.5) is 0 Å². The maximum absolute atomic E-state index is 6.14. The summed E-state index contributed by atoms with van der Waals surface area (Å²) in [6, 6.07) is 15.0. The molecule has 0 atom stereocenters. The van der Waals surface area contributed by atoms with Crippen molar-refractivity contribution in [3.05, 3.63) is 92.1 Å². The summed E-state index contributed by atoms with van der Waals surface area (Å²) in [6.45, 7) is 4.04. The molecule has 2 heterocycles. The second kappa shape index (κ2) is 8.56. The van der Waals surface area contributed by atoms with Crippen LogP contribution in [0.15, 0.2) is 60.9 Å². The van der Waals surface area contributed by atoms with Crippen LogP contribution in [-0.2, 0) is 0 Å². The fourth-order valence-electron chi connectivity index (χ4n) is 3.40. The predicted octanol–water partition coefficient (Wildman–Crippen LogP) is 8.71. The molecule has 2 nitrogen and oxygen atoms in total. The van der Waals surface area contributed by atoms with Gasteiger partial charge in [0.05, 0.1) is 11.4 Å². The number of benzene rings is 2. The van der Waals surface area contributed by atoms with Gasteiger partial charge in [-0.2, -0.15) is 0 Å². The molecule has 0 saturated carbocycles. The standard InChI is InChI=1S/C24H16Cl4N2/c1-13-3-17(15-5-19(25)9-20(26)6-15)11-29-23(13)24-14(2)4-18(12-30-24)16-7-21(27)10-22(28)8-16/h3-12H,1-2H3. The van der Waals surface area contributed by atoms with Crippen molar-refractivity contribution in [3.63, 3.8) is 0 Å². The monoisotopic (exact) mass is 472 g/mol. The Kier molecular flexibility index (Phi) is 6.04. The Morgan fingerprint density at radius 2 is 0.800 bits per heavy atom. The Morgan fingerprint density at radius 1 is 0.467 bits per heavy atom. The molecule has 0 bridgehead atoms. The van der Waals surface area contributed by atoms with E-state index in [1.165, 1.54) is 0 Å². The van der Waals surface area contributed by atoms with Crippen LogP contribution in [0, 0.1) is 13.8 Å². The van der Waals surface area contributed by atoms with Gasteiger partial charge in [0.25, 0.3) is 0 Å². The third-order valence-corrected chi connectivity index (χ3v) is 5.65. The van der Waals surface area contributed by atoms with Crippen LogP contribution >= 0.6 is 46.4 Å². The van der Waals surface area contributed by atoms with Gasteiger partial charge in [-0.3, -0.25) is 9.97 Å². The molecule has 4 aromatic rings. The summed E-state index contributed by atoms with van der Waals surface area (Å²) in [5.74, 6) is 0. The SMILES string of the molecule is Cc1cc(-c2cc(Cl)cc(Cl)c2)cnc1-c1ncc(-c2cc(Cl)cc(Cl)c2)cc1C. The number of hydrogen-bond acceptors (Lipinski definition) is 2. The topological polar surface area (TPSA) is 25.8 Å². The molecule has 0 saturated heterocycles. The highest BCUT2D eigenvalue weighted by Gasteiger charge is 2.12. The molecule has 0 fully saturated rings. The third kappa shape index (κ3) is 4.48. The van der Waals surface area contributed by atoms with Gasteiger partial charge in [-0.1, -0.05) is 46.4 Å². The molecule has 0 radical (unpaired) electrons. The van der Waals surface area contributed by atoms with Crippen molar-refractivity contribution in [3.8, 4) is 33.6 Å². The lowest BCUT2D eigenvalue weighted by Gasteiger charge is -2.12. The smallest absolute Gasteiger partial charge is 0.0918 e. The first-order valence-corrected chi connectivity index (χ1v) is 10.7. The van der Waals surface area contributed by atoms with Crippen LogP contribution in [0.1, 0.15) is 11.1 Å². The van der Waals surface area contributed by atoms with Gasteiger partial charge in [0.15, 0.2) is 0 Å². The summed E-state index contributed by atoms with van der Waals surface area (Å²) in [4.78, 5) is 9.37. The van der Waals surface area contributed by atoms with E-state index in [-0.39, 0.29) is 0 Å². The molecule has 0 aliphatic carbocycles. The minimum absolute atomic E-state index is 0.591. The summed E-state index contributed by atoms with van der Waals surface area (Å²) in [5, 5.41) is 2.36. The van der Waals surface area contributed by atoms with Gasteiger partial charge in [0, 0.05) is 43.6 Å². The Balaban J connectivity index is 1.72. The Morgan fingerprint density at radius 3 is 1.10 bits per heavy atom. The third-order valence-electron chi connectivity index (χ3n) is 4.77. The summed E-state index contributed by atoms with van der Waals surface area (Å²) in [7, 11) is 0. The summed E-state index contributed by atoms with van der Waals surface area (Å²) >= 11 is 24.6. The van der Waals surface area contributed by atoms with E-state index in [1.807, 2.05) is 50.5 Å². The van der Waals surface area contributed by atoms with Crippen LogP contribution in [0.2, 0.25) is 20.1 Å². The zero-order chi connectivity index (χ0) is 21.4. The van der Waals surface area contributed by atoms with Crippen molar-refractivity contribution in [2.45, 2.75) is 13.8 Å². The van der Waals surface area contributed by atoms with E-state index in [9.17, 15) is 0 Å². The maximum Gasteiger partial charge on any atom is 0.0918 e. The van der Waals surface area contributed by atoms with Gasteiger partial charge in [0.1, 0.15) is 0 Å². The lowest BCUT2D eigenvalue weighted by Crippen LogP contribution is -1.96. The Hall–Kier alpha value is -2.10. The molecule has 4 rings (SSSR count). The first-order valence-electron chi connectivity index (χ1n) is 9.17. The minimum Gasteiger partial charge on any atom is -0.254 e. The van der Waals surface area contributed by atoms with Crippen LogP contribution in [0.25, 0.3) is 33.6 Å². The normalized spacial score (nSPS) is 11.0. The van der Waals surface area contributed by atoms with Crippen LogP contribution in [0.3, 0.4) is 0 Å². The van der Waals surface area contributed by atoms with Crippen molar-refractivity contribution in [2.24, 2.45) is 0 Å². The largest absolute Gasteiger partial charge is 0.254 e. The Labute approximate surface area is 195 Å². The summed E-state index contributed by atoms with van der Waals surface area (Å²) < 4.78 is 0. The molecular weight excluding hydrogens is 458 g/mol. The van der Waals surface area contributed by atoms with Gasteiger partial charge in [-0.05, 0) is 84.6 Å². The quantitative estimate of drug-likeness (QED) is 0.297. The lowest BCUT2D eigenvalue weighted by molar-refractivity contribution is 1.19. The van der Waals surface area contributed by atoms with Crippen LogP contribution < -0.4 is 0 Å². The Bertz CT molecular complexity index is 1130. The molecule has 0 aliphatic rings. The van der Waals surface area contributed by atoms with E-state index in [2.05, 4.69) is 22.1 Å². The highest BCUT2D eigenvalue weighted by atomic mass is 35.5. The average Bonchev–Trinajstić information content (AvgIpc) is 2.67. The van der Waals surface area contributed by atoms with E-state index in [4.69, 9.17) is 46.4 Å². The number of hydrogen-bond donors (Lipinski definition) is 0. The van der Waals surface area contributed by atoms with E-state index in [1.54, 1.807) is 12.1 Å². The summed E-state index contributed by atoms with van der Waals surface area (Å²) in [5.41, 5.74) is 7.43. The lowest BCUT2D eigenvalue weighted by atomic mass is 10.00. The van der Waals surface area contributed by atoms with Crippen molar-refractivity contribution in [1.82, 2.24) is 9.97 Å². The summed E-state index contributed by atoms with van der Waals surface area (Å²) in [6.07, 6.45) is 3.63. The number of pyridine rings is 2. The van der Waals surface area contributed by atoms with E-state index < -0.39 is 0 Å². The van der Waals surface area contributed by atoms with Gasteiger partial charge >= 0.3 is 0 Å². The minimum atomic E-state index is 0.591. The van der Waals surface area contributed by atoms with Crippen molar-refractivity contribution in [2.75, 3.05) is 0 Å². The predicted molar refractivity (Wildman–Crippen MR) is 128 cm³/mol. The van der Waals surface area contributed by atoms with E-state index >= 15 is 0 Å². The zero-order valence-corrected chi connectivity index (χ0v) is 19.2. The van der Waals surface area contributed by atoms with Gasteiger partial charge in [-0.25, -0.2) is 0 Å². The fourth-order valence-corrected chi connectivity index (χ4v) is 4.45. The number of aromatic nitrogens is 2. The first-order chi connectivity index (χ1) is 14.3. The second-order valence-electron chi connectivity index (χ2n) is 7.10. The molecule has 0 unspecified atom stereocenters. The van der Waals surface area contributed by atoms with Crippen LogP contribution in [-0.4, -0.2) is 9.97 Å². The molecule has 2 aromatic carbocycles. The number of nitrogens with zero attached hydrogens (tertiary/aromatic N) is 2. The van der Waals surface area contributed by atoms with Gasteiger partial charge in [-0.15, -0.1) is 0 Å². The number of rotatable bonds is 3. The second-order valence-corrected chi connectivity index (χ2v) is 8.84. The molecule has 6 heteroatoms. The first kappa shape index (κ1) is 21.1. The van der Waals surface area contributed by atoms with E-state index in [0.717, 1.165) is 44.8 Å². The highest BCUT2D eigenvalue weighted by molar-refractivity contribution is 6.35. The van der Waals surface area contributed by atoms with Crippen molar-refractivity contribution < 1.29 is 0 Å². The molecule has 0 amide bonds. The van der Waals surface area contributed by atoms with Crippen molar-refractivity contribution in [1.29, 1.82) is 0 Å². The van der Waals surface area contributed by atoms with E-state index in [0.29, 0.717) is 20.1 Å². The van der Waals surface area contributed by atoms with Gasteiger partial charge in [0.2, 0.25) is 0 Å². The molecule has 2 aromatic heterocycles. The zero-order valence-electron chi connectivity index (χ0n) is 16.2. The van der Waals surface area contributed by atoms with Crippen molar-refractivity contribution >= 4 is 46.4 Å². The van der Waals surface area contributed by atoms with Crippen LogP contribution in [0.5, 0.6) is 0 Å². The number of aryl methyl sites for hydroxylation is 2. The molecule has 150 valence electrons. The van der Waals surface area contributed by atoms with Gasteiger partial charge < -0.3 is 0 Å². The molecule has 0 spiro atoms. The molecule has 0 aliphatic heterocycles. The molecule has 0 N–H and O–H groups in total. The molecule has 30 heavy (non-hydrogen) atoms. The maximum atomic E-state index is 6.14. The highest BCUT2D eigenvalue weighted by Crippen LogP contribution is 2.32. The average molecular weight is 474 g/mol.